The zero-order chi connectivity index (χ0) is 12.4. The summed E-state index contributed by atoms with van der Waals surface area (Å²) in [4.78, 5) is 0. The Bertz CT molecular complexity index is 548. The number of furan rings is 1. The third-order valence-electron chi connectivity index (χ3n) is 2.86. The zero-order valence-corrected chi connectivity index (χ0v) is 10.2. The number of ether oxygens (including phenoxy) is 2. The maximum absolute atomic E-state index is 5.49. The SMILES string of the molecule is Cc1ccc(CNCc2ccc3c(c2)OCO3)o1. The quantitative estimate of drug-likeness (QED) is 0.899. The Balaban J connectivity index is 1.57. The number of benzene rings is 1. The van der Waals surface area contributed by atoms with Gasteiger partial charge in [0.05, 0.1) is 6.54 Å². The summed E-state index contributed by atoms with van der Waals surface area (Å²) in [6.45, 7) is 3.76. The molecule has 3 rings (SSSR count). The van der Waals surface area contributed by atoms with E-state index in [-0.39, 0.29) is 0 Å². The molecule has 0 saturated carbocycles. The van der Waals surface area contributed by atoms with Gasteiger partial charge in [-0.3, -0.25) is 0 Å². The lowest BCUT2D eigenvalue weighted by atomic mass is 10.2. The fraction of sp³-hybridized carbons (Fsp3) is 0.286. The Hall–Kier alpha value is -1.94. The van der Waals surface area contributed by atoms with Gasteiger partial charge in [0, 0.05) is 6.54 Å². The number of hydrogen-bond donors (Lipinski definition) is 1. The van der Waals surface area contributed by atoms with E-state index in [4.69, 9.17) is 13.9 Å². The highest BCUT2D eigenvalue weighted by Crippen LogP contribution is 2.32. The van der Waals surface area contributed by atoms with Gasteiger partial charge in [-0.2, -0.15) is 0 Å². The van der Waals surface area contributed by atoms with Gasteiger partial charge in [0.25, 0.3) is 0 Å². The van der Waals surface area contributed by atoms with Crippen molar-refractivity contribution >= 4 is 0 Å². The summed E-state index contributed by atoms with van der Waals surface area (Å²) in [5, 5.41) is 3.33. The predicted octanol–water partition coefficient (Wildman–Crippen LogP) is 2.61. The molecule has 4 heteroatoms. The first-order valence-electron chi connectivity index (χ1n) is 5.96. The second-order valence-corrected chi connectivity index (χ2v) is 4.30. The molecule has 2 aromatic rings. The van der Waals surface area contributed by atoms with E-state index in [0.717, 1.165) is 36.1 Å². The van der Waals surface area contributed by atoms with Gasteiger partial charge in [0.15, 0.2) is 11.5 Å². The largest absolute Gasteiger partial charge is 0.465 e. The van der Waals surface area contributed by atoms with Crippen molar-refractivity contribution in [2.24, 2.45) is 0 Å². The van der Waals surface area contributed by atoms with Crippen molar-refractivity contribution in [2.45, 2.75) is 20.0 Å². The number of hydrogen-bond acceptors (Lipinski definition) is 4. The van der Waals surface area contributed by atoms with Gasteiger partial charge >= 0.3 is 0 Å². The second kappa shape index (κ2) is 4.74. The minimum Gasteiger partial charge on any atom is -0.465 e. The molecule has 94 valence electrons. The van der Waals surface area contributed by atoms with E-state index in [2.05, 4.69) is 5.32 Å². The van der Waals surface area contributed by atoms with Crippen LogP contribution in [0.3, 0.4) is 0 Å². The van der Waals surface area contributed by atoms with Crippen LogP contribution in [0.25, 0.3) is 0 Å². The average molecular weight is 245 g/mol. The summed E-state index contributed by atoms with van der Waals surface area (Å²) >= 11 is 0. The van der Waals surface area contributed by atoms with Crippen molar-refractivity contribution in [3.05, 3.63) is 47.4 Å². The molecule has 1 aromatic heterocycles. The Labute approximate surface area is 106 Å². The van der Waals surface area contributed by atoms with Crippen LogP contribution in [0, 0.1) is 6.92 Å². The molecule has 1 aliphatic heterocycles. The van der Waals surface area contributed by atoms with Crippen molar-refractivity contribution in [3.8, 4) is 11.5 Å². The van der Waals surface area contributed by atoms with Crippen molar-refractivity contribution in [2.75, 3.05) is 6.79 Å². The van der Waals surface area contributed by atoms with E-state index in [1.54, 1.807) is 0 Å². The van der Waals surface area contributed by atoms with Crippen LogP contribution in [-0.4, -0.2) is 6.79 Å². The first-order chi connectivity index (χ1) is 8.81. The molecule has 2 heterocycles. The minimum absolute atomic E-state index is 0.317. The first kappa shape index (κ1) is 11.2. The monoisotopic (exact) mass is 245 g/mol. The third-order valence-corrected chi connectivity index (χ3v) is 2.86. The molecule has 0 bridgehead atoms. The zero-order valence-electron chi connectivity index (χ0n) is 10.2. The topological polar surface area (TPSA) is 43.6 Å². The molecule has 0 unspecified atom stereocenters. The fourth-order valence-electron chi connectivity index (χ4n) is 1.96. The summed E-state index contributed by atoms with van der Waals surface area (Å²) < 4.78 is 16.1. The van der Waals surface area contributed by atoms with Crippen LogP contribution in [0.1, 0.15) is 17.1 Å². The van der Waals surface area contributed by atoms with Gasteiger partial charge < -0.3 is 19.2 Å². The maximum Gasteiger partial charge on any atom is 0.231 e. The van der Waals surface area contributed by atoms with E-state index in [9.17, 15) is 0 Å². The van der Waals surface area contributed by atoms with Crippen molar-refractivity contribution in [1.29, 1.82) is 0 Å². The van der Waals surface area contributed by atoms with Crippen LogP contribution in [0.2, 0.25) is 0 Å². The van der Waals surface area contributed by atoms with Crippen LogP contribution in [0.5, 0.6) is 11.5 Å². The molecule has 1 aliphatic rings. The summed E-state index contributed by atoms with van der Waals surface area (Å²) in [7, 11) is 0. The Morgan fingerprint density at radius 2 is 1.94 bits per heavy atom. The standard InChI is InChI=1S/C14H15NO3/c1-10-2-4-12(18-10)8-15-7-11-3-5-13-14(6-11)17-9-16-13/h2-6,15H,7-9H2,1H3. The average Bonchev–Trinajstić information content (AvgIpc) is 2.97. The lowest BCUT2D eigenvalue weighted by Crippen LogP contribution is -2.11. The highest BCUT2D eigenvalue weighted by Gasteiger charge is 2.12. The Morgan fingerprint density at radius 1 is 1.06 bits per heavy atom. The van der Waals surface area contributed by atoms with Gasteiger partial charge in [0.1, 0.15) is 11.5 Å². The summed E-state index contributed by atoms with van der Waals surface area (Å²) in [6.07, 6.45) is 0. The van der Waals surface area contributed by atoms with Gasteiger partial charge in [-0.25, -0.2) is 0 Å². The highest BCUT2D eigenvalue weighted by molar-refractivity contribution is 5.44. The smallest absolute Gasteiger partial charge is 0.231 e. The molecular weight excluding hydrogens is 230 g/mol. The van der Waals surface area contributed by atoms with Crippen LogP contribution < -0.4 is 14.8 Å². The molecular formula is C14H15NO3. The van der Waals surface area contributed by atoms with Crippen LogP contribution in [0.4, 0.5) is 0 Å². The fourth-order valence-corrected chi connectivity index (χ4v) is 1.96. The molecule has 4 nitrogen and oxygen atoms in total. The van der Waals surface area contributed by atoms with Crippen LogP contribution in [-0.2, 0) is 13.1 Å². The maximum atomic E-state index is 5.49. The van der Waals surface area contributed by atoms with E-state index in [0.29, 0.717) is 6.79 Å². The third kappa shape index (κ3) is 2.33. The predicted molar refractivity (Wildman–Crippen MR) is 66.6 cm³/mol. The minimum atomic E-state index is 0.317. The first-order valence-corrected chi connectivity index (χ1v) is 5.96. The second-order valence-electron chi connectivity index (χ2n) is 4.30. The summed E-state index contributed by atoms with van der Waals surface area (Å²) in [6, 6.07) is 9.94. The number of nitrogens with one attached hydrogen (secondary N) is 1. The number of aryl methyl sites for hydroxylation is 1. The molecule has 0 aliphatic carbocycles. The molecule has 0 fully saturated rings. The van der Waals surface area contributed by atoms with Gasteiger partial charge in [0.2, 0.25) is 6.79 Å². The van der Waals surface area contributed by atoms with Crippen molar-refractivity contribution < 1.29 is 13.9 Å². The highest BCUT2D eigenvalue weighted by atomic mass is 16.7. The number of fused-ring (bicyclic) bond motifs is 1. The van der Waals surface area contributed by atoms with E-state index in [1.165, 1.54) is 5.56 Å². The van der Waals surface area contributed by atoms with Crippen LogP contribution >= 0.6 is 0 Å². The van der Waals surface area contributed by atoms with E-state index < -0.39 is 0 Å². The number of rotatable bonds is 4. The van der Waals surface area contributed by atoms with Crippen molar-refractivity contribution in [3.63, 3.8) is 0 Å². The molecule has 18 heavy (non-hydrogen) atoms. The molecule has 1 N–H and O–H groups in total. The summed E-state index contributed by atoms with van der Waals surface area (Å²) in [5.41, 5.74) is 1.17. The summed E-state index contributed by atoms with van der Waals surface area (Å²) in [5.74, 6) is 3.53. The lowest BCUT2D eigenvalue weighted by molar-refractivity contribution is 0.174. The van der Waals surface area contributed by atoms with Gasteiger partial charge in [-0.15, -0.1) is 0 Å². The molecule has 0 amide bonds. The van der Waals surface area contributed by atoms with Crippen LogP contribution in [0.15, 0.2) is 34.7 Å². The van der Waals surface area contributed by atoms with Gasteiger partial charge in [-0.05, 0) is 36.8 Å². The van der Waals surface area contributed by atoms with Crippen molar-refractivity contribution in [1.82, 2.24) is 5.32 Å². The molecule has 0 atom stereocenters. The molecule has 1 aromatic carbocycles. The molecule has 0 radical (unpaired) electrons. The van der Waals surface area contributed by atoms with E-state index >= 15 is 0 Å². The lowest BCUT2D eigenvalue weighted by Gasteiger charge is -2.04. The Morgan fingerprint density at radius 3 is 2.78 bits per heavy atom. The van der Waals surface area contributed by atoms with E-state index in [1.807, 2.05) is 37.3 Å². The Kier molecular flexibility index (Phi) is 2.94. The van der Waals surface area contributed by atoms with Gasteiger partial charge in [-0.1, -0.05) is 6.07 Å². The normalized spacial score (nSPS) is 12.9. The molecule has 0 spiro atoms. The molecule has 0 saturated heterocycles.